The third-order valence-corrected chi connectivity index (χ3v) is 2.16. The molecule has 0 spiro atoms. The van der Waals surface area contributed by atoms with Crippen LogP contribution >= 0.6 is 0 Å². The van der Waals surface area contributed by atoms with Gasteiger partial charge >= 0.3 is 0 Å². The molecule has 3 nitrogen and oxygen atoms in total. The molecule has 0 saturated carbocycles. The van der Waals surface area contributed by atoms with E-state index < -0.39 is 0 Å². The molecule has 1 aromatic heterocycles. The van der Waals surface area contributed by atoms with Crippen LogP contribution in [0.2, 0.25) is 0 Å². The van der Waals surface area contributed by atoms with Gasteiger partial charge in [0.05, 0.1) is 5.69 Å². The van der Waals surface area contributed by atoms with E-state index in [1.807, 2.05) is 29.1 Å². The van der Waals surface area contributed by atoms with E-state index in [-0.39, 0.29) is 0 Å². The Bertz CT molecular complexity index is 393. The van der Waals surface area contributed by atoms with Crippen LogP contribution in [0.25, 0.3) is 5.69 Å². The molecule has 1 heterocycles. The predicted octanol–water partition coefficient (Wildman–Crippen LogP) is 1.37. The number of nitrogens with zero attached hydrogens (tertiary/aromatic N) is 2. The van der Waals surface area contributed by atoms with Crippen molar-refractivity contribution >= 4 is 0 Å². The minimum Gasteiger partial charge on any atom is -0.330 e. The van der Waals surface area contributed by atoms with E-state index in [1.54, 1.807) is 6.20 Å². The maximum atomic E-state index is 5.55. The topological polar surface area (TPSA) is 43.8 Å². The summed E-state index contributed by atoms with van der Waals surface area (Å²) in [5.74, 6) is 0. The first-order chi connectivity index (χ1) is 6.92. The third-order valence-electron chi connectivity index (χ3n) is 2.16. The summed E-state index contributed by atoms with van der Waals surface area (Å²) in [5, 5.41) is 4.21. The Labute approximate surface area is 83.2 Å². The van der Waals surface area contributed by atoms with Crippen molar-refractivity contribution in [3.8, 4) is 5.69 Å². The normalized spacial score (nSPS) is 10.4. The lowest BCUT2D eigenvalue weighted by atomic mass is 10.1. The highest BCUT2D eigenvalue weighted by atomic mass is 15.3. The van der Waals surface area contributed by atoms with E-state index in [0.717, 1.165) is 12.1 Å². The highest BCUT2D eigenvalue weighted by molar-refractivity contribution is 5.40. The first-order valence-electron chi connectivity index (χ1n) is 4.70. The Morgan fingerprint density at radius 2 is 2.07 bits per heavy atom. The molecule has 0 aliphatic carbocycles. The summed E-state index contributed by atoms with van der Waals surface area (Å²) >= 11 is 0. The van der Waals surface area contributed by atoms with Crippen LogP contribution in [0.5, 0.6) is 0 Å². The van der Waals surface area contributed by atoms with E-state index in [4.69, 9.17) is 5.73 Å². The smallest absolute Gasteiger partial charge is 0.0677 e. The van der Waals surface area contributed by atoms with Gasteiger partial charge in [0.1, 0.15) is 0 Å². The van der Waals surface area contributed by atoms with E-state index in [1.165, 1.54) is 5.56 Å². The molecular weight excluding hydrogens is 174 g/mol. The second-order valence-corrected chi connectivity index (χ2v) is 3.12. The van der Waals surface area contributed by atoms with Gasteiger partial charge in [-0.25, -0.2) is 4.68 Å². The molecule has 72 valence electrons. The van der Waals surface area contributed by atoms with E-state index in [9.17, 15) is 0 Å². The largest absolute Gasteiger partial charge is 0.330 e. The van der Waals surface area contributed by atoms with E-state index >= 15 is 0 Å². The molecule has 0 atom stereocenters. The number of rotatable bonds is 3. The molecule has 3 heteroatoms. The number of benzene rings is 1. The summed E-state index contributed by atoms with van der Waals surface area (Å²) in [4.78, 5) is 0. The van der Waals surface area contributed by atoms with Gasteiger partial charge in [0.25, 0.3) is 0 Å². The number of aromatic nitrogens is 2. The minimum atomic E-state index is 0.665. The van der Waals surface area contributed by atoms with Crippen LogP contribution in [-0.4, -0.2) is 16.3 Å². The fourth-order valence-corrected chi connectivity index (χ4v) is 1.51. The quantitative estimate of drug-likeness (QED) is 0.788. The summed E-state index contributed by atoms with van der Waals surface area (Å²) in [6, 6.07) is 10.1. The fraction of sp³-hybridized carbons (Fsp3) is 0.182. The first-order valence-corrected chi connectivity index (χ1v) is 4.70. The van der Waals surface area contributed by atoms with Crippen molar-refractivity contribution in [1.82, 2.24) is 9.78 Å². The monoisotopic (exact) mass is 187 g/mol. The Kier molecular flexibility index (Phi) is 2.60. The maximum absolute atomic E-state index is 5.55. The van der Waals surface area contributed by atoms with Gasteiger partial charge in [0.15, 0.2) is 0 Å². The van der Waals surface area contributed by atoms with Gasteiger partial charge in [0, 0.05) is 12.4 Å². The van der Waals surface area contributed by atoms with Crippen LogP contribution in [-0.2, 0) is 6.42 Å². The lowest BCUT2D eigenvalue weighted by Crippen LogP contribution is -2.06. The zero-order chi connectivity index (χ0) is 9.80. The summed E-state index contributed by atoms with van der Waals surface area (Å²) in [7, 11) is 0. The number of hydrogen-bond acceptors (Lipinski definition) is 2. The average molecular weight is 187 g/mol. The van der Waals surface area contributed by atoms with Gasteiger partial charge in [-0.15, -0.1) is 0 Å². The van der Waals surface area contributed by atoms with Crippen LogP contribution < -0.4 is 5.73 Å². The lowest BCUT2D eigenvalue weighted by molar-refractivity contribution is 0.851. The predicted molar refractivity (Wildman–Crippen MR) is 56.3 cm³/mol. The van der Waals surface area contributed by atoms with Gasteiger partial charge < -0.3 is 5.73 Å². The number of hydrogen-bond donors (Lipinski definition) is 1. The van der Waals surface area contributed by atoms with Gasteiger partial charge in [0.2, 0.25) is 0 Å². The molecular formula is C11H13N3. The van der Waals surface area contributed by atoms with Crippen molar-refractivity contribution in [2.75, 3.05) is 6.54 Å². The maximum Gasteiger partial charge on any atom is 0.0677 e. The second kappa shape index (κ2) is 4.07. The molecule has 2 rings (SSSR count). The zero-order valence-corrected chi connectivity index (χ0v) is 7.93. The summed E-state index contributed by atoms with van der Waals surface area (Å²) in [6.07, 6.45) is 4.60. The number of para-hydroxylation sites is 1. The molecule has 14 heavy (non-hydrogen) atoms. The van der Waals surface area contributed by atoms with Crippen molar-refractivity contribution in [2.45, 2.75) is 6.42 Å². The molecule has 0 fully saturated rings. The van der Waals surface area contributed by atoms with Crippen molar-refractivity contribution in [2.24, 2.45) is 5.73 Å². The van der Waals surface area contributed by atoms with E-state index in [2.05, 4.69) is 17.2 Å². The summed E-state index contributed by atoms with van der Waals surface area (Å²) in [5.41, 5.74) is 7.90. The lowest BCUT2D eigenvalue weighted by Gasteiger charge is -2.07. The van der Waals surface area contributed by atoms with Crippen LogP contribution in [0.1, 0.15) is 5.56 Å². The Balaban J connectivity index is 2.42. The minimum absolute atomic E-state index is 0.665. The molecule has 0 aliphatic rings. The van der Waals surface area contributed by atoms with Gasteiger partial charge in [-0.05, 0) is 30.7 Å². The van der Waals surface area contributed by atoms with Crippen LogP contribution in [0.3, 0.4) is 0 Å². The molecule has 2 N–H and O–H groups in total. The highest BCUT2D eigenvalue weighted by Gasteiger charge is 2.01. The van der Waals surface area contributed by atoms with Crippen molar-refractivity contribution < 1.29 is 0 Å². The Morgan fingerprint density at radius 1 is 1.21 bits per heavy atom. The van der Waals surface area contributed by atoms with Gasteiger partial charge in [-0.1, -0.05) is 18.2 Å². The molecule has 0 unspecified atom stereocenters. The molecule has 0 aliphatic heterocycles. The van der Waals surface area contributed by atoms with Crippen molar-refractivity contribution in [3.63, 3.8) is 0 Å². The number of nitrogens with two attached hydrogens (primary N) is 1. The standard InChI is InChI=1S/C11H13N3/c12-7-6-10-4-1-2-5-11(10)14-9-3-8-13-14/h1-5,8-9H,6-7,12H2. The first kappa shape index (κ1) is 8.97. The molecule has 0 saturated heterocycles. The third kappa shape index (κ3) is 1.67. The second-order valence-electron chi connectivity index (χ2n) is 3.12. The van der Waals surface area contributed by atoms with Crippen molar-refractivity contribution in [1.29, 1.82) is 0 Å². The summed E-state index contributed by atoms with van der Waals surface area (Å²) < 4.78 is 1.87. The molecule has 0 bridgehead atoms. The zero-order valence-electron chi connectivity index (χ0n) is 7.93. The fourth-order valence-electron chi connectivity index (χ4n) is 1.51. The SMILES string of the molecule is NCCc1ccccc1-n1cccn1. The van der Waals surface area contributed by atoms with Crippen LogP contribution in [0.15, 0.2) is 42.7 Å². The Hall–Kier alpha value is -1.61. The molecule has 2 aromatic rings. The molecule has 0 radical (unpaired) electrons. The van der Waals surface area contributed by atoms with Crippen molar-refractivity contribution in [3.05, 3.63) is 48.3 Å². The van der Waals surface area contributed by atoms with Gasteiger partial charge in [-0.2, -0.15) is 5.10 Å². The molecule has 1 aromatic carbocycles. The Morgan fingerprint density at radius 3 is 2.79 bits per heavy atom. The average Bonchev–Trinajstić information content (AvgIpc) is 2.72. The van der Waals surface area contributed by atoms with E-state index in [0.29, 0.717) is 6.54 Å². The summed E-state index contributed by atoms with van der Waals surface area (Å²) in [6.45, 7) is 0.665. The van der Waals surface area contributed by atoms with Crippen LogP contribution in [0.4, 0.5) is 0 Å². The van der Waals surface area contributed by atoms with Gasteiger partial charge in [-0.3, -0.25) is 0 Å². The molecule has 0 amide bonds. The van der Waals surface area contributed by atoms with Crippen LogP contribution in [0, 0.1) is 0 Å². The highest BCUT2D eigenvalue weighted by Crippen LogP contribution is 2.13.